The van der Waals surface area contributed by atoms with Crippen molar-refractivity contribution in [3.63, 3.8) is 0 Å². The largest absolute Gasteiger partial charge is 0.372 e. The normalized spacial score (nSPS) is 33.1. The summed E-state index contributed by atoms with van der Waals surface area (Å²) in [5.74, 6) is 2.46. The van der Waals surface area contributed by atoms with Gasteiger partial charge >= 0.3 is 0 Å². The third-order valence-electron chi connectivity index (χ3n) is 6.54. The van der Waals surface area contributed by atoms with Gasteiger partial charge in [0.15, 0.2) is 0 Å². The molecule has 1 aromatic carbocycles. The summed E-state index contributed by atoms with van der Waals surface area (Å²) in [5, 5.41) is 0. The van der Waals surface area contributed by atoms with Gasteiger partial charge in [0.2, 0.25) is 5.91 Å². The Kier molecular flexibility index (Phi) is 4.83. The summed E-state index contributed by atoms with van der Waals surface area (Å²) in [6, 6.07) is 9.89. The predicted octanol–water partition coefficient (Wildman–Crippen LogP) is 2.96. The van der Waals surface area contributed by atoms with E-state index in [1.165, 1.54) is 32.1 Å². The van der Waals surface area contributed by atoms with Crippen LogP contribution in [0.1, 0.15) is 44.6 Å². The zero-order valence-corrected chi connectivity index (χ0v) is 15.1. The van der Waals surface area contributed by atoms with Crippen LogP contribution in [0.2, 0.25) is 0 Å². The van der Waals surface area contributed by atoms with E-state index in [1.54, 1.807) is 0 Å². The fourth-order valence-corrected chi connectivity index (χ4v) is 5.35. The molecule has 1 amide bonds. The van der Waals surface area contributed by atoms with Crippen LogP contribution >= 0.6 is 0 Å². The Labute approximate surface area is 150 Å². The van der Waals surface area contributed by atoms with Crippen molar-refractivity contribution >= 4 is 5.91 Å². The van der Waals surface area contributed by atoms with Crippen molar-refractivity contribution in [3.05, 3.63) is 35.9 Å². The van der Waals surface area contributed by atoms with Gasteiger partial charge in [0.1, 0.15) is 6.04 Å². The molecule has 4 atom stereocenters. The number of amides is 1. The van der Waals surface area contributed by atoms with Gasteiger partial charge in [-0.25, -0.2) is 0 Å². The van der Waals surface area contributed by atoms with Gasteiger partial charge in [-0.05, 0) is 62.3 Å². The summed E-state index contributed by atoms with van der Waals surface area (Å²) in [6.07, 6.45) is 6.11. The van der Waals surface area contributed by atoms with Crippen molar-refractivity contribution in [2.75, 3.05) is 6.54 Å². The molecule has 2 heterocycles. The van der Waals surface area contributed by atoms with E-state index in [4.69, 9.17) is 10.5 Å². The van der Waals surface area contributed by atoms with Gasteiger partial charge in [0.25, 0.3) is 0 Å². The van der Waals surface area contributed by atoms with Crippen LogP contribution in [0.25, 0.3) is 0 Å². The lowest BCUT2D eigenvalue weighted by Gasteiger charge is -2.39. The smallest absolute Gasteiger partial charge is 0.242 e. The van der Waals surface area contributed by atoms with Crippen molar-refractivity contribution in [1.82, 2.24) is 4.90 Å². The van der Waals surface area contributed by atoms with Crippen LogP contribution < -0.4 is 5.73 Å². The molecule has 0 spiro atoms. The first-order valence-electron chi connectivity index (χ1n) is 9.81. The van der Waals surface area contributed by atoms with E-state index in [2.05, 4.69) is 4.90 Å². The first kappa shape index (κ1) is 17.0. The Balaban J connectivity index is 1.38. The van der Waals surface area contributed by atoms with Crippen molar-refractivity contribution in [2.24, 2.45) is 23.5 Å². The van der Waals surface area contributed by atoms with Gasteiger partial charge < -0.3 is 15.4 Å². The standard InChI is InChI=1S/C21H30N2O2/c1-14(25-13-15-5-3-2-4-6-15)20(22)21(24)23-12-18-8-16-7-17(9-18)11-19(23)10-16/h2-6,14,16-20H,7-13,22H2,1H3/t14-,16?,17?,18?,19?,20+/m0/s1. The van der Waals surface area contributed by atoms with Gasteiger partial charge in [0.05, 0.1) is 12.7 Å². The quantitative estimate of drug-likeness (QED) is 0.895. The van der Waals surface area contributed by atoms with Crippen LogP contribution in [-0.4, -0.2) is 35.5 Å². The van der Waals surface area contributed by atoms with E-state index in [9.17, 15) is 4.79 Å². The summed E-state index contributed by atoms with van der Waals surface area (Å²) >= 11 is 0. The van der Waals surface area contributed by atoms with Crippen molar-refractivity contribution < 1.29 is 9.53 Å². The van der Waals surface area contributed by atoms with Gasteiger partial charge in [-0.3, -0.25) is 4.79 Å². The zero-order chi connectivity index (χ0) is 17.4. The van der Waals surface area contributed by atoms with E-state index < -0.39 is 6.04 Å². The van der Waals surface area contributed by atoms with E-state index in [0.717, 1.165) is 23.9 Å². The number of rotatable bonds is 5. The Morgan fingerprint density at radius 3 is 2.44 bits per heavy atom. The number of hydrogen-bond acceptors (Lipinski definition) is 3. The number of nitrogens with two attached hydrogens (primary N) is 1. The molecular formula is C21H30N2O2. The highest BCUT2D eigenvalue weighted by Crippen LogP contribution is 2.47. The van der Waals surface area contributed by atoms with Crippen LogP contribution in [0.4, 0.5) is 0 Å². The zero-order valence-electron chi connectivity index (χ0n) is 15.1. The second kappa shape index (κ2) is 7.08. The Morgan fingerprint density at radius 1 is 1.12 bits per heavy atom. The Hall–Kier alpha value is -1.39. The van der Waals surface area contributed by atoms with Gasteiger partial charge in [-0.15, -0.1) is 0 Å². The number of carbonyl (C=O) groups excluding carboxylic acids is 1. The van der Waals surface area contributed by atoms with Crippen molar-refractivity contribution in [3.8, 4) is 0 Å². The summed E-state index contributed by atoms with van der Waals surface area (Å²) in [5.41, 5.74) is 7.43. The molecule has 5 rings (SSSR count). The molecule has 4 aliphatic rings. The predicted molar refractivity (Wildman–Crippen MR) is 97.7 cm³/mol. The molecule has 4 fully saturated rings. The van der Waals surface area contributed by atoms with Gasteiger partial charge in [-0.1, -0.05) is 30.3 Å². The fourth-order valence-electron chi connectivity index (χ4n) is 5.35. The number of hydrogen-bond donors (Lipinski definition) is 1. The third kappa shape index (κ3) is 3.61. The van der Waals surface area contributed by atoms with Crippen LogP contribution in [0.15, 0.2) is 30.3 Å². The summed E-state index contributed by atoms with van der Waals surface area (Å²) < 4.78 is 5.90. The molecule has 4 bridgehead atoms. The maximum Gasteiger partial charge on any atom is 0.242 e. The SMILES string of the molecule is C[C@H](OCc1ccccc1)[C@@H](N)C(=O)N1CC2CC3CC(C2)CC1C3. The first-order chi connectivity index (χ1) is 12.1. The van der Waals surface area contributed by atoms with Crippen LogP contribution in [0.5, 0.6) is 0 Å². The summed E-state index contributed by atoms with van der Waals surface area (Å²) in [4.78, 5) is 15.2. The van der Waals surface area contributed by atoms with E-state index >= 15 is 0 Å². The molecule has 25 heavy (non-hydrogen) atoms. The number of fused-ring (bicyclic) bond motifs is 1. The molecule has 1 aromatic rings. The van der Waals surface area contributed by atoms with Crippen molar-refractivity contribution in [2.45, 2.75) is 63.8 Å². The number of benzene rings is 1. The molecule has 2 saturated heterocycles. The minimum atomic E-state index is -0.570. The molecule has 4 heteroatoms. The Bertz CT molecular complexity index is 591. The third-order valence-corrected chi connectivity index (χ3v) is 6.54. The highest BCUT2D eigenvalue weighted by molar-refractivity contribution is 5.82. The highest BCUT2D eigenvalue weighted by atomic mass is 16.5. The minimum absolute atomic E-state index is 0.0961. The second-order valence-electron chi connectivity index (χ2n) is 8.45. The first-order valence-corrected chi connectivity index (χ1v) is 9.81. The van der Waals surface area contributed by atoms with Gasteiger partial charge in [-0.2, -0.15) is 0 Å². The second-order valence-corrected chi connectivity index (χ2v) is 8.45. The number of ether oxygens (including phenoxy) is 1. The monoisotopic (exact) mass is 342 g/mol. The molecule has 4 nitrogen and oxygen atoms in total. The number of carbonyl (C=O) groups is 1. The maximum atomic E-state index is 13.1. The van der Waals surface area contributed by atoms with E-state index in [1.807, 2.05) is 37.3 Å². The molecule has 2 N–H and O–H groups in total. The Morgan fingerprint density at radius 2 is 1.76 bits per heavy atom. The average Bonchev–Trinajstić information content (AvgIpc) is 2.82. The number of nitrogens with zero attached hydrogens (tertiary/aromatic N) is 1. The molecule has 2 saturated carbocycles. The molecule has 2 unspecified atom stereocenters. The summed E-state index contributed by atoms with van der Waals surface area (Å²) in [7, 11) is 0. The molecule has 2 aliphatic heterocycles. The van der Waals surface area contributed by atoms with E-state index in [-0.39, 0.29) is 12.0 Å². The maximum absolute atomic E-state index is 13.1. The molecule has 136 valence electrons. The van der Waals surface area contributed by atoms with Crippen LogP contribution in [0.3, 0.4) is 0 Å². The topological polar surface area (TPSA) is 55.6 Å². The molecular weight excluding hydrogens is 312 g/mol. The fraction of sp³-hybridized carbons (Fsp3) is 0.667. The van der Waals surface area contributed by atoms with Gasteiger partial charge in [0, 0.05) is 12.6 Å². The van der Waals surface area contributed by atoms with E-state index in [0.29, 0.717) is 18.6 Å². The van der Waals surface area contributed by atoms with Crippen LogP contribution in [-0.2, 0) is 16.1 Å². The lowest BCUT2D eigenvalue weighted by molar-refractivity contribution is -0.139. The average molecular weight is 342 g/mol. The minimum Gasteiger partial charge on any atom is -0.372 e. The summed E-state index contributed by atoms with van der Waals surface area (Å²) in [6.45, 7) is 3.34. The highest BCUT2D eigenvalue weighted by Gasteiger charge is 2.45. The molecule has 2 aliphatic carbocycles. The lowest BCUT2D eigenvalue weighted by atomic mass is 9.68. The van der Waals surface area contributed by atoms with Crippen LogP contribution in [0, 0.1) is 17.8 Å². The lowest BCUT2D eigenvalue weighted by Crippen LogP contribution is -2.53. The molecule has 0 radical (unpaired) electrons. The van der Waals surface area contributed by atoms with Crippen molar-refractivity contribution in [1.29, 1.82) is 0 Å². The molecule has 0 aromatic heterocycles.